The maximum atomic E-state index is 12.4. The van der Waals surface area contributed by atoms with Crippen molar-refractivity contribution in [1.29, 1.82) is 0 Å². The molecule has 0 aliphatic carbocycles. The fourth-order valence-electron chi connectivity index (χ4n) is 4.45. The molecule has 0 fully saturated rings. The van der Waals surface area contributed by atoms with E-state index in [0.717, 1.165) is 52.8 Å². The fourth-order valence-corrected chi connectivity index (χ4v) is 4.45. The Morgan fingerprint density at radius 1 is 0.864 bits per heavy atom. The van der Waals surface area contributed by atoms with E-state index in [2.05, 4.69) is 29.7 Å². The molecule has 0 heterocycles. The van der Waals surface area contributed by atoms with E-state index >= 15 is 0 Å². The van der Waals surface area contributed by atoms with Crippen LogP contribution in [0.15, 0.2) is 72.8 Å². The number of carbonyl (C=O) groups excluding carboxylic acids is 3. The number of carbonyl (C=O) groups is 3. The van der Waals surface area contributed by atoms with Gasteiger partial charge in [-0.05, 0) is 80.0 Å². The van der Waals surface area contributed by atoms with Crippen LogP contribution in [0.3, 0.4) is 0 Å². The zero-order valence-electron chi connectivity index (χ0n) is 26.3. The molecule has 0 saturated heterocycles. The van der Waals surface area contributed by atoms with Gasteiger partial charge in [0.1, 0.15) is 24.0 Å². The number of benzene rings is 3. The van der Waals surface area contributed by atoms with Crippen molar-refractivity contribution in [3.63, 3.8) is 0 Å². The normalized spacial score (nSPS) is 11.7. The van der Waals surface area contributed by atoms with Crippen LogP contribution in [0.4, 0.5) is 9.59 Å². The Labute approximate surface area is 260 Å². The minimum Gasteiger partial charge on any atom is -0.494 e. The van der Waals surface area contributed by atoms with Crippen molar-refractivity contribution in [2.24, 2.45) is 0 Å². The Kier molecular flexibility index (Phi) is 13.1. The third kappa shape index (κ3) is 11.6. The molecule has 2 amide bonds. The summed E-state index contributed by atoms with van der Waals surface area (Å²) in [6.45, 7) is 8.78. The molecule has 3 rings (SSSR count). The molecule has 9 heteroatoms. The van der Waals surface area contributed by atoms with Gasteiger partial charge in [-0.25, -0.2) is 14.4 Å². The van der Waals surface area contributed by atoms with E-state index in [1.54, 1.807) is 0 Å². The second kappa shape index (κ2) is 16.9. The summed E-state index contributed by atoms with van der Waals surface area (Å²) >= 11 is 0. The Bertz CT molecular complexity index is 1350. The Hall–Kier alpha value is -4.53. The first-order valence-electron chi connectivity index (χ1n) is 14.9. The lowest BCUT2D eigenvalue weighted by Crippen LogP contribution is -2.43. The summed E-state index contributed by atoms with van der Waals surface area (Å²) in [5.41, 5.74) is 4.49. The van der Waals surface area contributed by atoms with Crippen molar-refractivity contribution in [2.75, 3.05) is 20.3 Å². The number of aryl methyl sites for hydroxylation is 1. The lowest BCUT2D eigenvalue weighted by atomic mass is 9.96. The molecule has 0 saturated carbocycles. The molecule has 0 aliphatic rings. The standard InChI is InChI=1S/C35H44N2O7/c1-6-27-23-29(42-21-11-10-20-36-33(39)44-35(2,3)4)18-19-30(27)28-16-14-25(15-17-28)22-31(32(38)41-5)37-34(40)43-24-26-12-8-7-9-13-26/h7-9,12-19,23,31H,6,10-11,20-22,24H2,1-5H3,(H,36,39)(H,37,40)/t31-/m0/s1. The maximum absolute atomic E-state index is 12.4. The number of hydrogen-bond donors (Lipinski definition) is 2. The number of amides is 2. The highest BCUT2D eigenvalue weighted by molar-refractivity contribution is 5.81. The molecule has 0 aliphatic heterocycles. The van der Waals surface area contributed by atoms with E-state index < -0.39 is 29.8 Å². The maximum Gasteiger partial charge on any atom is 0.408 e. The van der Waals surface area contributed by atoms with Crippen LogP contribution in [0.1, 0.15) is 57.2 Å². The largest absolute Gasteiger partial charge is 0.494 e. The van der Waals surface area contributed by atoms with Crippen LogP contribution in [-0.2, 0) is 38.5 Å². The van der Waals surface area contributed by atoms with Gasteiger partial charge in [0.25, 0.3) is 0 Å². The highest BCUT2D eigenvalue weighted by atomic mass is 16.6. The predicted molar refractivity (Wildman–Crippen MR) is 169 cm³/mol. The van der Waals surface area contributed by atoms with E-state index in [9.17, 15) is 14.4 Å². The van der Waals surface area contributed by atoms with Crippen molar-refractivity contribution in [3.8, 4) is 16.9 Å². The number of nitrogens with one attached hydrogen (secondary N) is 2. The van der Waals surface area contributed by atoms with Gasteiger partial charge in [-0.3, -0.25) is 0 Å². The molecule has 0 radical (unpaired) electrons. The van der Waals surface area contributed by atoms with Crippen LogP contribution < -0.4 is 15.4 Å². The predicted octanol–water partition coefficient (Wildman–Crippen LogP) is 6.61. The van der Waals surface area contributed by atoms with Gasteiger partial charge in [0.05, 0.1) is 13.7 Å². The highest BCUT2D eigenvalue weighted by Gasteiger charge is 2.23. The van der Waals surface area contributed by atoms with Gasteiger partial charge in [-0.1, -0.05) is 67.6 Å². The molecule has 44 heavy (non-hydrogen) atoms. The molecule has 1 atom stereocenters. The number of unbranched alkanes of at least 4 members (excludes halogenated alkanes) is 1. The van der Waals surface area contributed by atoms with Gasteiger partial charge in [-0.2, -0.15) is 0 Å². The van der Waals surface area contributed by atoms with Gasteiger partial charge in [-0.15, -0.1) is 0 Å². The van der Waals surface area contributed by atoms with Gasteiger partial charge < -0.3 is 29.6 Å². The first-order chi connectivity index (χ1) is 21.1. The van der Waals surface area contributed by atoms with Crippen molar-refractivity contribution >= 4 is 18.2 Å². The minimum absolute atomic E-state index is 0.103. The topological polar surface area (TPSA) is 112 Å². The molecule has 0 aromatic heterocycles. The number of methoxy groups -OCH3 is 1. The van der Waals surface area contributed by atoms with Gasteiger partial charge >= 0.3 is 18.2 Å². The van der Waals surface area contributed by atoms with Crippen LogP contribution in [0.2, 0.25) is 0 Å². The van der Waals surface area contributed by atoms with Gasteiger partial charge in [0.2, 0.25) is 0 Å². The summed E-state index contributed by atoms with van der Waals surface area (Å²) in [6, 6.07) is 22.4. The van der Waals surface area contributed by atoms with Gasteiger partial charge in [0, 0.05) is 13.0 Å². The van der Waals surface area contributed by atoms with E-state index in [1.807, 2.05) is 81.4 Å². The molecule has 0 bridgehead atoms. The minimum atomic E-state index is -0.884. The lowest BCUT2D eigenvalue weighted by molar-refractivity contribution is -0.143. The quantitative estimate of drug-likeness (QED) is 0.121. The van der Waals surface area contributed by atoms with Crippen LogP contribution in [0.25, 0.3) is 11.1 Å². The molecule has 3 aromatic carbocycles. The zero-order chi connectivity index (χ0) is 32.0. The summed E-state index contributed by atoms with van der Waals surface area (Å²) in [6.07, 6.45) is 1.57. The average Bonchev–Trinajstić information content (AvgIpc) is 3.01. The van der Waals surface area contributed by atoms with Crippen LogP contribution in [-0.4, -0.2) is 50.1 Å². The van der Waals surface area contributed by atoms with E-state index in [4.69, 9.17) is 18.9 Å². The molecule has 9 nitrogen and oxygen atoms in total. The molecule has 0 spiro atoms. The second-order valence-electron chi connectivity index (χ2n) is 11.3. The lowest BCUT2D eigenvalue weighted by Gasteiger charge is -2.19. The van der Waals surface area contributed by atoms with E-state index in [0.29, 0.717) is 13.2 Å². The Morgan fingerprint density at radius 3 is 2.25 bits per heavy atom. The third-order valence-electron chi connectivity index (χ3n) is 6.66. The molecule has 2 N–H and O–H groups in total. The first kappa shape index (κ1) is 34.0. The summed E-state index contributed by atoms with van der Waals surface area (Å²) < 4.78 is 21.4. The van der Waals surface area contributed by atoms with E-state index in [1.165, 1.54) is 7.11 Å². The van der Waals surface area contributed by atoms with E-state index in [-0.39, 0.29) is 13.0 Å². The summed E-state index contributed by atoms with van der Waals surface area (Å²) in [4.78, 5) is 36.5. The van der Waals surface area contributed by atoms with Crippen molar-refractivity contribution in [2.45, 2.75) is 71.6 Å². The number of ether oxygens (including phenoxy) is 4. The van der Waals surface area contributed by atoms with Gasteiger partial charge in [0.15, 0.2) is 0 Å². The zero-order valence-corrected chi connectivity index (χ0v) is 26.3. The van der Waals surface area contributed by atoms with Crippen molar-refractivity contribution in [3.05, 3.63) is 89.5 Å². The number of esters is 1. The molecular formula is C35H44N2O7. The summed E-state index contributed by atoms with van der Waals surface area (Å²) in [7, 11) is 1.29. The second-order valence-corrected chi connectivity index (χ2v) is 11.3. The molecule has 3 aromatic rings. The highest BCUT2D eigenvalue weighted by Crippen LogP contribution is 2.28. The monoisotopic (exact) mass is 604 g/mol. The Morgan fingerprint density at radius 2 is 1.59 bits per heavy atom. The number of hydrogen-bond acceptors (Lipinski definition) is 7. The van der Waals surface area contributed by atoms with Crippen LogP contribution in [0, 0.1) is 0 Å². The van der Waals surface area contributed by atoms with Crippen molar-refractivity contribution in [1.82, 2.24) is 10.6 Å². The number of rotatable bonds is 14. The SMILES string of the molecule is CCc1cc(OCCCCNC(=O)OC(C)(C)C)ccc1-c1ccc(C[C@H](NC(=O)OCc2ccccc2)C(=O)OC)cc1. The molecule has 0 unspecified atom stereocenters. The van der Waals surface area contributed by atoms with Crippen LogP contribution >= 0.6 is 0 Å². The smallest absolute Gasteiger partial charge is 0.408 e. The number of alkyl carbamates (subject to hydrolysis) is 2. The fraction of sp³-hybridized carbons (Fsp3) is 0.400. The molecule has 236 valence electrons. The average molecular weight is 605 g/mol. The Balaban J connectivity index is 1.52. The summed E-state index contributed by atoms with van der Waals surface area (Å²) in [5, 5.41) is 5.38. The first-order valence-corrected chi connectivity index (χ1v) is 14.9. The van der Waals surface area contributed by atoms with Crippen LogP contribution in [0.5, 0.6) is 5.75 Å². The summed E-state index contributed by atoms with van der Waals surface area (Å²) in [5.74, 6) is 0.252. The third-order valence-corrected chi connectivity index (χ3v) is 6.66. The molecular weight excluding hydrogens is 560 g/mol. The van der Waals surface area contributed by atoms with Crippen molar-refractivity contribution < 1.29 is 33.3 Å².